The van der Waals surface area contributed by atoms with Crippen LogP contribution in [0.4, 0.5) is 0 Å². The highest BCUT2D eigenvalue weighted by atomic mass is 32.1. The molecule has 0 atom stereocenters. The number of aryl methyl sites for hydroxylation is 2. The zero-order valence-corrected chi connectivity index (χ0v) is 17.4. The molecule has 6 nitrogen and oxygen atoms in total. The standard InChI is InChI=1S/C21H26N2O4S/c1-4-26-21(25)16-9-11-23(12-10-16)20(24)19-15(3)22-18(28-19)13-27-17-7-5-14(2)6-8-17/h5-8,16H,4,9-13H2,1-3H3. The second-order valence-corrected chi connectivity index (χ2v) is 8.03. The summed E-state index contributed by atoms with van der Waals surface area (Å²) in [5.41, 5.74) is 1.90. The topological polar surface area (TPSA) is 68.7 Å². The van der Waals surface area contributed by atoms with Crippen LogP contribution in [0.15, 0.2) is 24.3 Å². The third-order valence-electron chi connectivity index (χ3n) is 4.82. The molecule has 150 valence electrons. The number of rotatable bonds is 6. The number of esters is 1. The molecule has 0 bridgehead atoms. The molecule has 1 aliphatic heterocycles. The van der Waals surface area contributed by atoms with Crippen molar-refractivity contribution in [3.8, 4) is 5.75 Å². The highest BCUT2D eigenvalue weighted by molar-refractivity contribution is 7.13. The van der Waals surface area contributed by atoms with Crippen LogP contribution in [0.25, 0.3) is 0 Å². The Balaban J connectivity index is 1.57. The number of hydrogen-bond acceptors (Lipinski definition) is 6. The summed E-state index contributed by atoms with van der Waals surface area (Å²) < 4.78 is 10.9. The fourth-order valence-corrected chi connectivity index (χ4v) is 4.16. The van der Waals surface area contributed by atoms with E-state index in [1.807, 2.05) is 45.0 Å². The van der Waals surface area contributed by atoms with E-state index >= 15 is 0 Å². The summed E-state index contributed by atoms with van der Waals surface area (Å²) in [6, 6.07) is 7.85. The molecule has 1 aromatic heterocycles. The van der Waals surface area contributed by atoms with Crippen LogP contribution < -0.4 is 4.74 Å². The van der Waals surface area contributed by atoms with Crippen LogP contribution in [0.2, 0.25) is 0 Å². The Bertz CT molecular complexity index is 823. The number of likely N-dealkylation sites (tertiary alicyclic amines) is 1. The maximum Gasteiger partial charge on any atom is 0.309 e. The summed E-state index contributed by atoms with van der Waals surface area (Å²) in [5, 5.41) is 0.780. The van der Waals surface area contributed by atoms with Gasteiger partial charge in [0, 0.05) is 13.1 Å². The van der Waals surface area contributed by atoms with Crippen molar-refractivity contribution in [1.82, 2.24) is 9.88 Å². The molecule has 1 amide bonds. The summed E-state index contributed by atoms with van der Waals surface area (Å²) in [7, 11) is 0. The number of thiazole rings is 1. The quantitative estimate of drug-likeness (QED) is 0.688. The van der Waals surface area contributed by atoms with Crippen LogP contribution in [0.3, 0.4) is 0 Å². The Morgan fingerprint density at radius 1 is 1.18 bits per heavy atom. The molecular formula is C21H26N2O4S. The zero-order valence-electron chi connectivity index (χ0n) is 16.6. The van der Waals surface area contributed by atoms with Crippen molar-refractivity contribution in [3.05, 3.63) is 45.4 Å². The average Bonchev–Trinajstić information content (AvgIpc) is 3.08. The normalized spacial score (nSPS) is 14.8. The Labute approximate surface area is 169 Å². The van der Waals surface area contributed by atoms with Gasteiger partial charge in [-0.3, -0.25) is 9.59 Å². The van der Waals surface area contributed by atoms with Gasteiger partial charge in [0.1, 0.15) is 22.2 Å². The number of aromatic nitrogens is 1. The smallest absolute Gasteiger partial charge is 0.309 e. The van der Waals surface area contributed by atoms with Crippen LogP contribution >= 0.6 is 11.3 Å². The molecule has 2 aromatic rings. The fourth-order valence-electron chi connectivity index (χ4n) is 3.21. The second-order valence-electron chi connectivity index (χ2n) is 6.94. The van der Waals surface area contributed by atoms with Crippen LogP contribution in [0, 0.1) is 19.8 Å². The monoisotopic (exact) mass is 402 g/mol. The Morgan fingerprint density at radius 3 is 2.50 bits per heavy atom. The molecular weight excluding hydrogens is 376 g/mol. The molecule has 1 saturated heterocycles. The van der Waals surface area contributed by atoms with Crippen molar-refractivity contribution in [3.63, 3.8) is 0 Å². The minimum absolute atomic E-state index is 0.0149. The minimum atomic E-state index is -0.154. The number of nitrogens with zero attached hydrogens (tertiary/aromatic N) is 2. The largest absolute Gasteiger partial charge is 0.486 e. The number of piperidine rings is 1. The number of hydrogen-bond donors (Lipinski definition) is 0. The van der Waals surface area contributed by atoms with Crippen molar-refractivity contribution in [1.29, 1.82) is 0 Å². The van der Waals surface area contributed by atoms with E-state index in [2.05, 4.69) is 4.98 Å². The lowest BCUT2D eigenvalue weighted by atomic mass is 9.97. The molecule has 7 heteroatoms. The lowest BCUT2D eigenvalue weighted by Gasteiger charge is -2.30. The van der Waals surface area contributed by atoms with Gasteiger partial charge in [0.05, 0.1) is 18.2 Å². The van der Waals surface area contributed by atoms with Crippen LogP contribution in [-0.2, 0) is 16.1 Å². The van der Waals surface area contributed by atoms with Gasteiger partial charge in [0.2, 0.25) is 0 Å². The average molecular weight is 403 g/mol. The van der Waals surface area contributed by atoms with Gasteiger partial charge in [-0.25, -0.2) is 4.98 Å². The first-order valence-corrected chi connectivity index (χ1v) is 10.4. The summed E-state index contributed by atoms with van der Waals surface area (Å²) in [6.45, 7) is 7.55. The molecule has 0 radical (unpaired) electrons. The van der Waals surface area contributed by atoms with Crippen molar-refractivity contribution < 1.29 is 19.1 Å². The molecule has 0 N–H and O–H groups in total. The molecule has 0 spiro atoms. The molecule has 28 heavy (non-hydrogen) atoms. The van der Waals surface area contributed by atoms with E-state index in [0.29, 0.717) is 44.0 Å². The third kappa shape index (κ3) is 4.90. The van der Waals surface area contributed by atoms with E-state index in [1.165, 1.54) is 16.9 Å². The number of carbonyl (C=O) groups excluding carboxylic acids is 2. The zero-order chi connectivity index (χ0) is 20.1. The first-order chi connectivity index (χ1) is 13.5. The van der Waals surface area contributed by atoms with Crippen molar-refractivity contribution in [2.45, 2.75) is 40.2 Å². The Hall–Kier alpha value is -2.41. The predicted octanol–water partition coefficient (Wildman–Crippen LogP) is 3.75. The number of carbonyl (C=O) groups is 2. The lowest BCUT2D eigenvalue weighted by Crippen LogP contribution is -2.40. The van der Waals surface area contributed by atoms with E-state index in [1.54, 1.807) is 4.90 Å². The van der Waals surface area contributed by atoms with E-state index in [-0.39, 0.29) is 17.8 Å². The van der Waals surface area contributed by atoms with Gasteiger partial charge in [-0.1, -0.05) is 17.7 Å². The first kappa shape index (κ1) is 20.3. The van der Waals surface area contributed by atoms with E-state index in [9.17, 15) is 9.59 Å². The molecule has 0 saturated carbocycles. The summed E-state index contributed by atoms with van der Waals surface area (Å²) in [6.07, 6.45) is 1.29. The van der Waals surface area contributed by atoms with Gasteiger partial charge in [-0.15, -0.1) is 11.3 Å². The summed E-state index contributed by atoms with van der Waals surface area (Å²) in [4.78, 5) is 31.7. The van der Waals surface area contributed by atoms with Crippen LogP contribution in [0.1, 0.15) is 45.7 Å². The molecule has 1 fully saturated rings. The molecule has 2 heterocycles. The first-order valence-electron chi connectivity index (χ1n) is 9.59. The van der Waals surface area contributed by atoms with Gasteiger partial charge in [0.15, 0.2) is 0 Å². The molecule has 1 aliphatic rings. The van der Waals surface area contributed by atoms with Gasteiger partial charge in [-0.2, -0.15) is 0 Å². The maximum absolute atomic E-state index is 12.9. The molecule has 3 rings (SSSR count). The van der Waals surface area contributed by atoms with Crippen LogP contribution in [-0.4, -0.2) is 41.5 Å². The Morgan fingerprint density at radius 2 is 1.86 bits per heavy atom. The van der Waals surface area contributed by atoms with E-state index < -0.39 is 0 Å². The molecule has 0 aliphatic carbocycles. The SMILES string of the molecule is CCOC(=O)C1CCN(C(=O)c2sc(COc3ccc(C)cc3)nc2C)CC1. The minimum Gasteiger partial charge on any atom is -0.486 e. The number of amides is 1. The maximum atomic E-state index is 12.9. The van der Waals surface area contributed by atoms with Crippen molar-refractivity contribution in [2.24, 2.45) is 5.92 Å². The van der Waals surface area contributed by atoms with E-state index in [4.69, 9.17) is 9.47 Å². The number of benzene rings is 1. The van der Waals surface area contributed by atoms with Crippen molar-refractivity contribution in [2.75, 3.05) is 19.7 Å². The van der Waals surface area contributed by atoms with E-state index in [0.717, 1.165) is 16.5 Å². The highest BCUT2D eigenvalue weighted by Crippen LogP contribution is 2.25. The lowest BCUT2D eigenvalue weighted by molar-refractivity contribution is -0.149. The van der Waals surface area contributed by atoms with Gasteiger partial charge in [-0.05, 0) is 45.7 Å². The highest BCUT2D eigenvalue weighted by Gasteiger charge is 2.30. The van der Waals surface area contributed by atoms with Gasteiger partial charge in [0.25, 0.3) is 5.91 Å². The van der Waals surface area contributed by atoms with Crippen molar-refractivity contribution >= 4 is 23.2 Å². The summed E-state index contributed by atoms with van der Waals surface area (Å²) >= 11 is 1.38. The molecule has 1 aromatic carbocycles. The Kier molecular flexibility index (Phi) is 6.67. The fraction of sp³-hybridized carbons (Fsp3) is 0.476. The van der Waals surface area contributed by atoms with Crippen LogP contribution in [0.5, 0.6) is 5.75 Å². The predicted molar refractivity (Wildman–Crippen MR) is 108 cm³/mol. The molecule has 0 unspecified atom stereocenters. The third-order valence-corrected chi connectivity index (χ3v) is 5.94. The summed E-state index contributed by atoms with van der Waals surface area (Å²) in [5.74, 6) is 0.510. The second kappa shape index (κ2) is 9.19. The van der Waals surface area contributed by atoms with Gasteiger partial charge < -0.3 is 14.4 Å². The van der Waals surface area contributed by atoms with Gasteiger partial charge >= 0.3 is 5.97 Å². The number of ether oxygens (including phenoxy) is 2.